The third kappa shape index (κ3) is 3.42. The van der Waals surface area contributed by atoms with Crippen LogP contribution in [0.1, 0.15) is 19.8 Å². The summed E-state index contributed by atoms with van der Waals surface area (Å²) in [6.07, 6.45) is 0.941. The Bertz CT molecular complexity index is 612. The number of hydrogen-bond donors (Lipinski definition) is 0. The first-order valence-electron chi connectivity index (χ1n) is 7.61. The Hall–Kier alpha value is -2.38. The number of carbonyl (C=O) groups excluding carboxylic acids is 3. The number of fused-ring (bicyclic) bond motifs is 1. The highest BCUT2D eigenvalue weighted by atomic mass is 19.1. The van der Waals surface area contributed by atoms with Crippen molar-refractivity contribution in [1.29, 1.82) is 0 Å². The molecule has 0 radical (unpaired) electrons. The average molecular weight is 341 g/mol. The predicted octanol–water partition coefficient (Wildman–Crippen LogP) is 1.73. The van der Waals surface area contributed by atoms with Crippen LogP contribution in [0.4, 0.5) is 9.18 Å². The Morgan fingerprint density at radius 2 is 2.00 bits per heavy atom. The predicted molar refractivity (Wildman–Crippen MR) is 80.5 cm³/mol. The first-order chi connectivity index (χ1) is 11.4. The highest BCUT2D eigenvalue weighted by molar-refractivity contribution is 5.93. The topological polar surface area (TPSA) is 82.1 Å². The molecule has 0 aromatic rings. The van der Waals surface area contributed by atoms with Crippen molar-refractivity contribution in [2.45, 2.75) is 25.8 Å². The van der Waals surface area contributed by atoms with Gasteiger partial charge in [0.25, 0.3) is 0 Å². The van der Waals surface area contributed by atoms with E-state index in [4.69, 9.17) is 9.47 Å². The van der Waals surface area contributed by atoms with Crippen molar-refractivity contribution in [3.63, 3.8) is 0 Å². The van der Waals surface area contributed by atoms with Crippen LogP contribution in [0, 0.1) is 5.92 Å². The van der Waals surface area contributed by atoms with Crippen LogP contribution in [-0.2, 0) is 23.8 Å². The molecule has 7 nitrogen and oxygen atoms in total. The van der Waals surface area contributed by atoms with Crippen molar-refractivity contribution in [2.24, 2.45) is 5.92 Å². The molecule has 1 heterocycles. The van der Waals surface area contributed by atoms with Crippen LogP contribution in [-0.4, -0.2) is 56.3 Å². The first-order valence-corrected chi connectivity index (χ1v) is 7.61. The minimum absolute atomic E-state index is 0.0135. The summed E-state index contributed by atoms with van der Waals surface area (Å²) in [6.45, 7) is 1.88. The van der Waals surface area contributed by atoms with Crippen molar-refractivity contribution < 1.29 is 33.0 Å². The second kappa shape index (κ2) is 7.46. The van der Waals surface area contributed by atoms with E-state index in [1.807, 2.05) is 0 Å². The summed E-state index contributed by atoms with van der Waals surface area (Å²) in [4.78, 5) is 37.0. The maximum Gasteiger partial charge on any atom is 0.410 e. The molecule has 8 heteroatoms. The molecule has 24 heavy (non-hydrogen) atoms. The largest absolute Gasteiger partial charge is 0.467 e. The van der Waals surface area contributed by atoms with Gasteiger partial charge in [-0.3, -0.25) is 4.90 Å². The Labute approximate surface area is 139 Å². The van der Waals surface area contributed by atoms with Gasteiger partial charge >= 0.3 is 18.0 Å². The lowest BCUT2D eigenvalue weighted by molar-refractivity contribution is -0.147. The van der Waals surface area contributed by atoms with Gasteiger partial charge in [-0.15, -0.1) is 0 Å². The van der Waals surface area contributed by atoms with Crippen molar-refractivity contribution >= 4 is 18.0 Å². The molecule has 2 unspecified atom stereocenters. The van der Waals surface area contributed by atoms with E-state index in [1.54, 1.807) is 6.92 Å². The second-order valence-electron chi connectivity index (χ2n) is 5.53. The monoisotopic (exact) mass is 341 g/mol. The minimum atomic E-state index is -0.844. The number of esters is 2. The second-order valence-corrected chi connectivity index (χ2v) is 5.53. The van der Waals surface area contributed by atoms with Gasteiger partial charge < -0.3 is 14.2 Å². The molecule has 1 aliphatic heterocycles. The molecular formula is C16H20FNO6. The van der Waals surface area contributed by atoms with E-state index >= 15 is 0 Å². The standard InChI is InChI=1S/C16H20FNO6/c1-4-24-16(21)18-8-10-5-11(14(19)22-2)12(17)6-9(10)7-13(18)15(20)23-3/h5,9,13H,4,6-8H2,1-3H3. The molecule has 0 N–H and O–H groups in total. The van der Waals surface area contributed by atoms with Gasteiger partial charge in [0.2, 0.25) is 0 Å². The number of methoxy groups -OCH3 is 2. The van der Waals surface area contributed by atoms with E-state index in [0.717, 1.165) is 0 Å². The van der Waals surface area contributed by atoms with Crippen LogP contribution in [0.15, 0.2) is 23.0 Å². The van der Waals surface area contributed by atoms with E-state index < -0.39 is 29.9 Å². The van der Waals surface area contributed by atoms with Crippen LogP contribution in [0.5, 0.6) is 0 Å². The molecule has 0 bridgehead atoms. The number of halogens is 1. The number of likely N-dealkylation sites (tertiary alicyclic amines) is 1. The normalized spacial score (nSPS) is 23.2. The minimum Gasteiger partial charge on any atom is -0.467 e. The number of rotatable bonds is 3. The number of piperidine rings is 1. The fourth-order valence-corrected chi connectivity index (χ4v) is 2.99. The smallest absolute Gasteiger partial charge is 0.410 e. The van der Waals surface area contributed by atoms with Crippen LogP contribution in [0.25, 0.3) is 0 Å². The zero-order valence-electron chi connectivity index (χ0n) is 13.8. The quantitative estimate of drug-likeness (QED) is 0.574. The van der Waals surface area contributed by atoms with E-state index in [9.17, 15) is 18.8 Å². The fourth-order valence-electron chi connectivity index (χ4n) is 2.99. The summed E-state index contributed by atoms with van der Waals surface area (Å²) in [5.74, 6) is -2.21. The molecule has 1 fully saturated rings. The van der Waals surface area contributed by atoms with Gasteiger partial charge in [0.05, 0.1) is 26.4 Å². The van der Waals surface area contributed by atoms with Crippen LogP contribution >= 0.6 is 0 Å². The molecule has 2 rings (SSSR count). The van der Waals surface area contributed by atoms with Crippen molar-refractivity contribution in [3.05, 3.63) is 23.0 Å². The molecule has 132 valence electrons. The van der Waals surface area contributed by atoms with Crippen molar-refractivity contribution in [1.82, 2.24) is 4.90 Å². The lowest BCUT2D eigenvalue weighted by Gasteiger charge is -2.40. The summed E-state index contributed by atoms with van der Waals surface area (Å²) >= 11 is 0. The van der Waals surface area contributed by atoms with Gasteiger partial charge in [-0.2, -0.15) is 0 Å². The average Bonchev–Trinajstić information content (AvgIpc) is 2.58. The van der Waals surface area contributed by atoms with Crippen LogP contribution in [0.3, 0.4) is 0 Å². The summed E-state index contributed by atoms with van der Waals surface area (Å²) in [5.41, 5.74) is 0.536. The van der Waals surface area contributed by atoms with Crippen LogP contribution in [0.2, 0.25) is 0 Å². The number of ether oxygens (including phenoxy) is 3. The molecule has 0 spiro atoms. The lowest BCUT2D eigenvalue weighted by atomic mass is 9.79. The molecule has 0 aromatic heterocycles. The molecule has 2 atom stereocenters. The highest BCUT2D eigenvalue weighted by Gasteiger charge is 2.42. The Balaban J connectivity index is 2.31. The maximum atomic E-state index is 14.2. The number of allylic oxidation sites excluding steroid dienone is 1. The van der Waals surface area contributed by atoms with E-state index in [0.29, 0.717) is 5.57 Å². The van der Waals surface area contributed by atoms with Gasteiger partial charge in [-0.1, -0.05) is 0 Å². The van der Waals surface area contributed by atoms with Crippen molar-refractivity contribution in [3.8, 4) is 0 Å². The molecule has 2 aliphatic rings. The van der Waals surface area contributed by atoms with Crippen molar-refractivity contribution in [2.75, 3.05) is 27.4 Å². The Morgan fingerprint density at radius 3 is 2.58 bits per heavy atom. The molecule has 0 aromatic carbocycles. The first kappa shape index (κ1) is 18.0. The Kier molecular flexibility index (Phi) is 5.58. The lowest BCUT2D eigenvalue weighted by Crippen LogP contribution is -2.52. The van der Waals surface area contributed by atoms with E-state index in [-0.39, 0.29) is 37.5 Å². The molecular weight excluding hydrogens is 321 g/mol. The number of nitrogens with zero attached hydrogens (tertiary/aromatic N) is 1. The number of hydrogen-bond acceptors (Lipinski definition) is 6. The van der Waals surface area contributed by atoms with E-state index in [2.05, 4.69) is 4.74 Å². The third-order valence-electron chi connectivity index (χ3n) is 4.19. The number of amides is 1. The highest BCUT2D eigenvalue weighted by Crippen LogP contribution is 2.38. The van der Waals surface area contributed by atoms with Gasteiger partial charge in [0.15, 0.2) is 0 Å². The zero-order valence-corrected chi connectivity index (χ0v) is 13.8. The molecule has 1 amide bonds. The third-order valence-corrected chi connectivity index (χ3v) is 4.19. The zero-order chi connectivity index (χ0) is 17.9. The molecule has 0 saturated carbocycles. The van der Waals surface area contributed by atoms with Gasteiger partial charge in [-0.05, 0) is 30.9 Å². The fraction of sp³-hybridized carbons (Fsp3) is 0.562. The summed E-state index contributed by atoms with van der Waals surface area (Å²) in [7, 11) is 2.40. The summed E-state index contributed by atoms with van der Waals surface area (Å²) in [5, 5.41) is 0. The van der Waals surface area contributed by atoms with Gasteiger partial charge in [0.1, 0.15) is 11.9 Å². The van der Waals surface area contributed by atoms with Gasteiger partial charge in [0, 0.05) is 13.0 Å². The molecule has 1 saturated heterocycles. The van der Waals surface area contributed by atoms with Crippen LogP contribution < -0.4 is 0 Å². The number of carbonyl (C=O) groups is 3. The summed E-state index contributed by atoms with van der Waals surface area (Å²) in [6, 6.07) is -0.844. The molecule has 1 aliphatic carbocycles. The Morgan fingerprint density at radius 1 is 1.29 bits per heavy atom. The maximum absolute atomic E-state index is 14.2. The van der Waals surface area contributed by atoms with E-state index in [1.165, 1.54) is 25.2 Å². The SMILES string of the molecule is CCOC(=O)N1CC2=CC(C(=O)OC)=C(F)CC2CC1C(=O)OC. The summed E-state index contributed by atoms with van der Waals surface area (Å²) < 4.78 is 28.4. The van der Waals surface area contributed by atoms with Gasteiger partial charge in [-0.25, -0.2) is 18.8 Å².